The van der Waals surface area contributed by atoms with Gasteiger partial charge in [-0.3, -0.25) is 0 Å². The molecule has 0 saturated carbocycles. The second-order valence-electron chi connectivity index (χ2n) is 6.38. The van der Waals surface area contributed by atoms with Crippen LogP contribution in [-0.4, -0.2) is 19.4 Å². The maximum Gasteiger partial charge on any atom is 0.389 e. The highest BCUT2D eigenvalue weighted by Crippen LogP contribution is 2.26. The number of hydrogen-bond donors (Lipinski definition) is 1. The van der Waals surface area contributed by atoms with Gasteiger partial charge >= 0.3 is 6.18 Å². The molecular weight excluding hydrogens is 298 g/mol. The van der Waals surface area contributed by atoms with E-state index in [0.717, 1.165) is 25.6 Å². The van der Waals surface area contributed by atoms with Crippen LogP contribution in [0.15, 0.2) is 37.1 Å². The topological polar surface area (TPSA) is 12.0 Å². The molecule has 0 radical (unpaired) electrons. The first-order valence-corrected chi connectivity index (χ1v) is 8.04. The Morgan fingerprint density at radius 3 is 2.74 bits per heavy atom. The van der Waals surface area contributed by atoms with Gasteiger partial charge in [0.05, 0.1) is 0 Å². The van der Waals surface area contributed by atoms with Crippen LogP contribution < -0.4 is 5.32 Å². The number of allylic oxidation sites excluding steroid dienone is 2. The predicted molar refractivity (Wildman–Crippen MR) is 91.7 cm³/mol. The smallest absolute Gasteiger partial charge is 0.389 e. The van der Waals surface area contributed by atoms with Gasteiger partial charge in [0.1, 0.15) is 0 Å². The molecule has 0 aromatic heterocycles. The number of halogens is 3. The zero-order valence-electron chi connectivity index (χ0n) is 13.6. The number of alkyl halides is 3. The van der Waals surface area contributed by atoms with E-state index in [1.165, 1.54) is 16.7 Å². The van der Waals surface area contributed by atoms with Gasteiger partial charge in [0.15, 0.2) is 7.28 Å². The van der Waals surface area contributed by atoms with Crippen molar-refractivity contribution in [3.05, 3.63) is 53.7 Å². The largest absolute Gasteiger partial charge is 0.393 e. The summed E-state index contributed by atoms with van der Waals surface area (Å²) in [5.74, 6) is 0.251. The van der Waals surface area contributed by atoms with E-state index >= 15 is 0 Å². The molecule has 5 heteroatoms. The molecule has 0 fully saturated rings. The number of nitrogens with one attached hydrogen (secondary N) is 1. The van der Waals surface area contributed by atoms with E-state index < -0.39 is 12.6 Å². The van der Waals surface area contributed by atoms with Crippen molar-refractivity contribution in [2.75, 3.05) is 0 Å². The van der Waals surface area contributed by atoms with Gasteiger partial charge in [-0.2, -0.15) is 13.2 Å². The average Bonchev–Trinajstić information content (AvgIpc) is 2.44. The zero-order valence-corrected chi connectivity index (χ0v) is 13.6. The summed E-state index contributed by atoms with van der Waals surface area (Å²) in [5, 5.41) is 3.31. The van der Waals surface area contributed by atoms with Crippen molar-refractivity contribution in [3.63, 3.8) is 0 Å². The Kier molecular flexibility index (Phi) is 5.61. The van der Waals surface area contributed by atoms with Gasteiger partial charge < -0.3 is 5.32 Å². The molecule has 1 unspecified atom stereocenters. The third-order valence-corrected chi connectivity index (χ3v) is 4.29. The molecule has 0 aliphatic carbocycles. The van der Waals surface area contributed by atoms with Crippen LogP contribution in [0, 0.1) is 0 Å². The fraction of sp³-hybridized carbons (Fsp3) is 0.444. The molecule has 0 saturated heterocycles. The first kappa shape index (κ1) is 17.7. The summed E-state index contributed by atoms with van der Waals surface area (Å²) in [6.07, 6.45) is -2.51. The van der Waals surface area contributed by atoms with E-state index in [1.807, 2.05) is 13.0 Å². The molecule has 1 N–H and O–H groups in total. The molecule has 0 bridgehead atoms. The molecule has 1 aliphatic heterocycles. The van der Waals surface area contributed by atoms with Crippen molar-refractivity contribution in [1.29, 1.82) is 0 Å². The van der Waals surface area contributed by atoms with Crippen LogP contribution in [-0.2, 0) is 12.7 Å². The second kappa shape index (κ2) is 7.28. The molecule has 0 amide bonds. The van der Waals surface area contributed by atoms with Crippen LogP contribution in [0.2, 0.25) is 0 Å². The standard InChI is InChI=1S/C18H23BF3N/c1-12(2)15-8-4-7-14-10-17(19-11-16(14)15)23-13(3)6-5-9-18(20,21)22/h4,7-8,17,19,23H,1,3,5-6,9-11H2,2H3. The van der Waals surface area contributed by atoms with Gasteiger partial charge in [-0.25, -0.2) is 0 Å². The van der Waals surface area contributed by atoms with Crippen molar-refractivity contribution in [1.82, 2.24) is 5.32 Å². The van der Waals surface area contributed by atoms with Gasteiger partial charge in [-0.15, -0.1) is 0 Å². The van der Waals surface area contributed by atoms with Crippen LogP contribution in [0.25, 0.3) is 5.57 Å². The molecule has 1 nitrogen and oxygen atoms in total. The number of rotatable bonds is 6. The van der Waals surface area contributed by atoms with E-state index in [2.05, 4.69) is 30.6 Å². The maximum absolute atomic E-state index is 12.2. The lowest BCUT2D eigenvalue weighted by molar-refractivity contribution is -0.135. The lowest BCUT2D eigenvalue weighted by atomic mass is 9.57. The van der Waals surface area contributed by atoms with Crippen LogP contribution in [0.4, 0.5) is 13.2 Å². The van der Waals surface area contributed by atoms with Gasteiger partial charge in [0, 0.05) is 18.1 Å². The monoisotopic (exact) mass is 321 g/mol. The highest BCUT2D eigenvalue weighted by atomic mass is 19.4. The Morgan fingerprint density at radius 1 is 1.35 bits per heavy atom. The maximum atomic E-state index is 12.2. The first-order chi connectivity index (χ1) is 10.8. The average molecular weight is 321 g/mol. The molecule has 0 spiro atoms. The van der Waals surface area contributed by atoms with Crippen LogP contribution in [0.5, 0.6) is 0 Å². The Labute approximate surface area is 136 Å². The summed E-state index contributed by atoms with van der Waals surface area (Å²) >= 11 is 0. The van der Waals surface area contributed by atoms with Crippen molar-refractivity contribution in [2.24, 2.45) is 0 Å². The minimum Gasteiger partial charge on any atom is -0.393 e. The molecule has 1 atom stereocenters. The Bertz CT molecular complexity index is 592. The van der Waals surface area contributed by atoms with Crippen LogP contribution in [0.1, 0.15) is 42.9 Å². The van der Waals surface area contributed by atoms with Crippen LogP contribution in [0.3, 0.4) is 0 Å². The van der Waals surface area contributed by atoms with E-state index in [0.29, 0.717) is 12.1 Å². The quantitative estimate of drug-likeness (QED) is 0.767. The number of hydrogen-bond acceptors (Lipinski definition) is 1. The van der Waals surface area contributed by atoms with Gasteiger partial charge in [0.2, 0.25) is 0 Å². The van der Waals surface area contributed by atoms with E-state index in [4.69, 9.17) is 0 Å². The summed E-state index contributed by atoms with van der Waals surface area (Å²) in [7, 11) is 0.968. The minimum atomic E-state index is -4.08. The van der Waals surface area contributed by atoms with E-state index in [1.54, 1.807) is 0 Å². The van der Waals surface area contributed by atoms with Crippen molar-refractivity contribution >= 4 is 12.9 Å². The lowest BCUT2D eigenvalue weighted by Crippen LogP contribution is -2.40. The van der Waals surface area contributed by atoms with E-state index in [-0.39, 0.29) is 12.4 Å². The predicted octanol–water partition coefficient (Wildman–Crippen LogP) is 4.37. The third kappa shape index (κ3) is 5.19. The number of fused-ring (bicyclic) bond motifs is 1. The van der Waals surface area contributed by atoms with Crippen molar-refractivity contribution < 1.29 is 13.2 Å². The Morgan fingerprint density at radius 2 is 2.09 bits per heavy atom. The highest BCUT2D eigenvalue weighted by Gasteiger charge is 2.26. The minimum absolute atomic E-state index is 0.0957. The third-order valence-electron chi connectivity index (χ3n) is 4.29. The molecule has 124 valence electrons. The summed E-state index contributed by atoms with van der Waals surface area (Å²) in [6.45, 7) is 9.93. The summed E-state index contributed by atoms with van der Waals surface area (Å²) < 4.78 is 36.5. The summed E-state index contributed by atoms with van der Waals surface area (Å²) in [6, 6.07) is 6.27. The fourth-order valence-corrected chi connectivity index (χ4v) is 3.19. The molecule has 1 heterocycles. The zero-order chi connectivity index (χ0) is 17.0. The Balaban J connectivity index is 1.89. The van der Waals surface area contributed by atoms with Gasteiger partial charge in [0.25, 0.3) is 0 Å². The second-order valence-corrected chi connectivity index (χ2v) is 6.38. The molecular formula is C18H23BF3N. The summed E-state index contributed by atoms with van der Waals surface area (Å²) in [5.41, 5.74) is 5.67. The molecule has 1 aromatic carbocycles. The van der Waals surface area contributed by atoms with Crippen molar-refractivity contribution in [3.8, 4) is 0 Å². The fourth-order valence-electron chi connectivity index (χ4n) is 3.19. The Hall–Kier alpha value is -1.65. The lowest BCUT2D eigenvalue weighted by Gasteiger charge is -2.28. The van der Waals surface area contributed by atoms with Crippen molar-refractivity contribution in [2.45, 2.75) is 51.0 Å². The first-order valence-electron chi connectivity index (χ1n) is 8.04. The molecule has 2 rings (SSSR count). The molecule has 1 aromatic rings. The summed E-state index contributed by atoms with van der Waals surface area (Å²) in [4.78, 5) is 0. The normalized spacial score (nSPS) is 17.1. The number of benzene rings is 1. The van der Waals surface area contributed by atoms with Gasteiger partial charge in [-0.05, 0) is 49.2 Å². The van der Waals surface area contributed by atoms with Crippen LogP contribution >= 0.6 is 0 Å². The van der Waals surface area contributed by atoms with Gasteiger partial charge in [-0.1, -0.05) is 36.9 Å². The molecule has 1 aliphatic rings. The SMILES string of the molecule is C=C(CCCC(F)(F)F)NC1BCc2c(cccc2C(=C)C)C1. The van der Waals surface area contributed by atoms with E-state index in [9.17, 15) is 13.2 Å². The highest BCUT2D eigenvalue weighted by molar-refractivity contribution is 6.38. The molecule has 23 heavy (non-hydrogen) atoms.